The second-order valence-electron chi connectivity index (χ2n) is 5.93. The minimum atomic E-state index is -0.156. The molecule has 0 aromatic carbocycles. The lowest BCUT2D eigenvalue weighted by Crippen LogP contribution is -2.48. The third kappa shape index (κ3) is 1.78. The van der Waals surface area contributed by atoms with Crippen molar-refractivity contribution in [1.82, 2.24) is 0 Å². The molecule has 0 saturated heterocycles. The second-order valence-corrected chi connectivity index (χ2v) is 5.93. The number of Topliss-reactive ketones (excluding diaryl/α,β-unsaturated/α-hetero) is 1. The molecule has 2 rings (SSSR count). The lowest BCUT2D eigenvalue weighted by atomic mass is 9.53. The van der Waals surface area contributed by atoms with Gasteiger partial charge >= 0.3 is 0 Å². The molecule has 1 unspecified atom stereocenters. The van der Waals surface area contributed by atoms with E-state index in [0.29, 0.717) is 12.3 Å². The van der Waals surface area contributed by atoms with E-state index >= 15 is 0 Å². The van der Waals surface area contributed by atoms with Crippen LogP contribution in [-0.4, -0.2) is 12.1 Å². The Bertz CT molecular complexity index is 369. The van der Waals surface area contributed by atoms with Gasteiger partial charge in [0.25, 0.3) is 0 Å². The fourth-order valence-corrected chi connectivity index (χ4v) is 3.89. The van der Waals surface area contributed by atoms with Crippen LogP contribution >= 0.6 is 0 Å². The molecule has 17 heavy (non-hydrogen) atoms. The lowest BCUT2D eigenvalue weighted by Gasteiger charge is -2.50. The summed E-state index contributed by atoms with van der Waals surface area (Å²) in [7, 11) is 0. The molecule has 0 spiro atoms. The minimum Gasteiger partial charge on any atom is -0.303 e. The molecular formula is C15H22O2. The van der Waals surface area contributed by atoms with E-state index in [1.165, 1.54) is 5.57 Å². The highest BCUT2D eigenvalue weighted by molar-refractivity contribution is 5.86. The predicted molar refractivity (Wildman–Crippen MR) is 67.5 cm³/mol. The van der Waals surface area contributed by atoms with Crippen LogP contribution in [0.5, 0.6) is 0 Å². The largest absolute Gasteiger partial charge is 0.303 e. The Morgan fingerprint density at radius 1 is 1.47 bits per heavy atom. The molecule has 0 aromatic heterocycles. The maximum Gasteiger partial charge on any atom is 0.137 e. The topological polar surface area (TPSA) is 34.1 Å². The first kappa shape index (κ1) is 12.5. The van der Waals surface area contributed by atoms with E-state index in [2.05, 4.69) is 19.9 Å². The van der Waals surface area contributed by atoms with Gasteiger partial charge in [-0.05, 0) is 25.2 Å². The van der Waals surface area contributed by atoms with Gasteiger partial charge in [-0.15, -0.1) is 0 Å². The van der Waals surface area contributed by atoms with Crippen LogP contribution in [0.15, 0.2) is 11.6 Å². The van der Waals surface area contributed by atoms with Crippen molar-refractivity contribution in [3.05, 3.63) is 11.6 Å². The van der Waals surface area contributed by atoms with Crippen molar-refractivity contribution < 1.29 is 9.59 Å². The van der Waals surface area contributed by atoms with Gasteiger partial charge in [0.15, 0.2) is 0 Å². The fraction of sp³-hybridized carbons (Fsp3) is 0.733. The third-order valence-electron chi connectivity index (χ3n) is 5.08. The van der Waals surface area contributed by atoms with Gasteiger partial charge in [0.2, 0.25) is 0 Å². The zero-order valence-corrected chi connectivity index (χ0v) is 11.0. The van der Waals surface area contributed by atoms with Crippen molar-refractivity contribution in [2.24, 2.45) is 23.2 Å². The number of hydrogen-bond donors (Lipinski definition) is 0. The highest BCUT2D eigenvalue weighted by Gasteiger charge is 2.50. The van der Waals surface area contributed by atoms with Crippen LogP contribution < -0.4 is 0 Å². The summed E-state index contributed by atoms with van der Waals surface area (Å²) in [5.41, 5.74) is 1.35. The first-order valence-corrected chi connectivity index (χ1v) is 6.69. The average Bonchev–Trinajstić information content (AvgIpc) is 2.30. The number of carbonyl (C=O) groups excluding carboxylic acids is 2. The van der Waals surface area contributed by atoms with Crippen molar-refractivity contribution in [1.29, 1.82) is 0 Å². The Hall–Kier alpha value is -0.920. The Labute approximate surface area is 103 Å². The number of rotatable bonds is 2. The second kappa shape index (κ2) is 4.40. The highest BCUT2D eigenvalue weighted by Crippen LogP contribution is 2.54. The molecule has 94 valence electrons. The molecule has 0 amide bonds. The van der Waals surface area contributed by atoms with Gasteiger partial charge in [0, 0.05) is 23.7 Å². The van der Waals surface area contributed by atoms with Crippen LogP contribution in [0.25, 0.3) is 0 Å². The molecule has 2 aliphatic carbocycles. The monoisotopic (exact) mass is 234 g/mol. The zero-order chi connectivity index (χ0) is 12.6. The number of ketones is 1. The predicted octanol–water partition coefficient (Wildman–Crippen LogP) is 3.16. The molecule has 1 fully saturated rings. The summed E-state index contributed by atoms with van der Waals surface area (Å²) in [6, 6.07) is 0. The molecule has 1 saturated carbocycles. The van der Waals surface area contributed by atoms with Gasteiger partial charge in [-0.2, -0.15) is 0 Å². The smallest absolute Gasteiger partial charge is 0.137 e. The Balaban J connectivity index is 2.45. The van der Waals surface area contributed by atoms with E-state index in [9.17, 15) is 9.59 Å². The first-order valence-electron chi connectivity index (χ1n) is 6.69. The minimum absolute atomic E-state index is 0.0755. The summed E-state index contributed by atoms with van der Waals surface area (Å²) in [5, 5.41) is 0. The molecule has 0 bridgehead atoms. The van der Waals surface area contributed by atoms with Crippen LogP contribution in [-0.2, 0) is 9.59 Å². The van der Waals surface area contributed by atoms with Crippen LogP contribution in [0.1, 0.15) is 46.5 Å². The molecule has 2 aliphatic rings. The molecular weight excluding hydrogens is 212 g/mol. The maximum absolute atomic E-state index is 12.2. The van der Waals surface area contributed by atoms with Gasteiger partial charge in [-0.25, -0.2) is 0 Å². The molecule has 0 radical (unpaired) electrons. The summed E-state index contributed by atoms with van der Waals surface area (Å²) in [6.45, 7) is 6.32. The van der Waals surface area contributed by atoms with Crippen molar-refractivity contribution >= 4 is 12.1 Å². The van der Waals surface area contributed by atoms with Gasteiger partial charge in [0.05, 0.1) is 0 Å². The van der Waals surface area contributed by atoms with Gasteiger partial charge in [0.1, 0.15) is 12.1 Å². The molecule has 0 aromatic rings. The number of aldehydes is 1. The van der Waals surface area contributed by atoms with Gasteiger partial charge in [-0.3, -0.25) is 4.79 Å². The Morgan fingerprint density at radius 3 is 2.82 bits per heavy atom. The first-order chi connectivity index (χ1) is 8.01. The standard InChI is InChI=1S/C15H22O2/c1-10(9-16)14-13(17)8-7-12-6-4-5-11(2)15(12,14)3/h6,9-11,14H,4-5,7-8H2,1-3H3/t10?,11-,14-,15+/m0/s1. The SMILES string of the molecule is CC(C=O)[C@H]1C(=O)CCC2=CCC[C@H](C)[C@]21C. The third-order valence-corrected chi connectivity index (χ3v) is 5.08. The normalized spacial score (nSPS) is 39.2. The number of allylic oxidation sites excluding steroid dienone is 2. The van der Waals surface area contributed by atoms with Crippen molar-refractivity contribution in [2.45, 2.75) is 46.5 Å². The van der Waals surface area contributed by atoms with Crippen LogP contribution in [0.4, 0.5) is 0 Å². The molecule has 4 atom stereocenters. The van der Waals surface area contributed by atoms with Crippen molar-refractivity contribution in [3.63, 3.8) is 0 Å². The van der Waals surface area contributed by atoms with Crippen LogP contribution in [0, 0.1) is 23.2 Å². The molecule has 0 N–H and O–H groups in total. The van der Waals surface area contributed by atoms with E-state index in [4.69, 9.17) is 0 Å². The van der Waals surface area contributed by atoms with Crippen LogP contribution in [0.2, 0.25) is 0 Å². The number of fused-ring (bicyclic) bond motifs is 1. The van der Waals surface area contributed by atoms with Crippen molar-refractivity contribution in [2.75, 3.05) is 0 Å². The highest BCUT2D eigenvalue weighted by atomic mass is 16.1. The molecule has 0 aliphatic heterocycles. The van der Waals surface area contributed by atoms with E-state index in [1.807, 2.05) is 6.92 Å². The summed E-state index contributed by atoms with van der Waals surface area (Å²) in [6.07, 6.45) is 7.06. The quantitative estimate of drug-likeness (QED) is 0.543. The van der Waals surface area contributed by atoms with E-state index < -0.39 is 0 Å². The summed E-state index contributed by atoms with van der Waals surface area (Å²) < 4.78 is 0. The molecule has 0 heterocycles. The van der Waals surface area contributed by atoms with Gasteiger partial charge in [-0.1, -0.05) is 32.4 Å². The summed E-state index contributed by atoms with van der Waals surface area (Å²) in [4.78, 5) is 23.3. The lowest BCUT2D eigenvalue weighted by molar-refractivity contribution is -0.135. The fourth-order valence-electron chi connectivity index (χ4n) is 3.89. The molecule has 2 nitrogen and oxygen atoms in total. The Kier molecular flexibility index (Phi) is 3.24. The average molecular weight is 234 g/mol. The molecule has 2 heteroatoms. The van der Waals surface area contributed by atoms with Gasteiger partial charge < -0.3 is 4.79 Å². The summed E-state index contributed by atoms with van der Waals surface area (Å²) in [5.74, 6) is 0.532. The Morgan fingerprint density at radius 2 is 2.18 bits per heavy atom. The van der Waals surface area contributed by atoms with Crippen molar-refractivity contribution in [3.8, 4) is 0 Å². The van der Waals surface area contributed by atoms with E-state index in [1.54, 1.807) is 0 Å². The zero-order valence-electron chi connectivity index (χ0n) is 11.0. The van der Waals surface area contributed by atoms with E-state index in [0.717, 1.165) is 25.5 Å². The van der Waals surface area contributed by atoms with Crippen LogP contribution in [0.3, 0.4) is 0 Å². The number of hydrogen-bond acceptors (Lipinski definition) is 2. The number of carbonyl (C=O) groups is 2. The maximum atomic E-state index is 12.2. The van der Waals surface area contributed by atoms with E-state index in [-0.39, 0.29) is 23.0 Å². The summed E-state index contributed by atoms with van der Waals surface area (Å²) >= 11 is 0.